The zero-order chi connectivity index (χ0) is 13.5. The Morgan fingerprint density at radius 1 is 1.22 bits per heavy atom. The second kappa shape index (κ2) is 7.93. The maximum atomic E-state index is 3.60. The molecule has 1 aromatic carbocycles. The summed E-state index contributed by atoms with van der Waals surface area (Å²) < 4.78 is 1.18. The average Bonchev–Trinajstić information content (AvgIpc) is 2.34. The molecule has 0 saturated heterocycles. The van der Waals surface area contributed by atoms with Crippen LogP contribution in [0.25, 0.3) is 0 Å². The number of benzene rings is 1. The molecule has 1 N–H and O–H groups in total. The summed E-state index contributed by atoms with van der Waals surface area (Å²) in [6, 6.07) is 9.43. The third-order valence-corrected chi connectivity index (χ3v) is 4.11. The summed E-state index contributed by atoms with van der Waals surface area (Å²) in [6.07, 6.45) is 1.18. The van der Waals surface area contributed by atoms with Crippen molar-refractivity contribution in [1.29, 1.82) is 0 Å². The molecule has 0 radical (unpaired) electrons. The minimum atomic E-state index is 0.393. The lowest BCUT2D eigenvalue weighted by Gasteiger charge is -2.22. The second-order valence-electron chi connectivity index (χ2n) is 5.13. The molecule has 1 atom stereocenters. The molecule has 0 aliphatic heterocycles. The lowest BCUT2D eigenvalue weighted by atomic mass is 10.1. The van der Waals surface area contributed by atoms with Crippen molar-refractivity contribution in [2.24, 2.45) is 0 Å². The van der Waals surface area contributed by atoms with Crippen LogP contribution in [0.15, 0.2) is 28.7 Å². The summed E-state index contributed by atoms with van der Waals surface area (Å²) in [7, 11) is 2.18. The maximum absolute atomic E-state index is 3.60. The molecule has 1 unspecified atom stereocenters. The first-order chi connectivity index (χ1) is 8.52. The van der Waals surface area contributed by atoms with Crippen LogP contribution >= 0.6 is 15.9 Å². The number of hydrogen-bond donors (Lipinski definition) is 1. The highest BCUT2D eigenvalue weighted by Crippen LogP contribution is 2.22. The first-order valence-corrected chi connectivity index (χ1v) is 7.49. The number of hydrogen-bond acceptors (Lipinski definition) is 2. The van der Waals surface area contributed by atoms with Crippen LogP contribution in [0.5, 0.6) is 0 Å². The Hall–Kier alpha value is -0.380. The largest absolute Gasteiger partial charge is 0.310 e. The van der Waals surface area contributed by atoms with Gasteiger partial charge in [0.1, 0.15) is 0 Å². The Morgan fingerprint density at radius 3 is 2.50 bits per heavy atom. The highest BCUT2D eigenvalue weighted by atomic mass is 79.9. The Kier molecular flexibility index (Phi) is 6.90. The molecule has 0 aromatic heterocycles. The van der Waals surface area contributed by atoms with Crippen LogP contribution in [0.3, 0.4) is 0 Å². The number of halogens is 1. The summed E-state index contributed by atoms with van der Waals surface area (Å²) in [5, 5.41) is 3.58. The van der Waals surface area contributed by atoms with Gasteiger partial charge in [0.2, 0.25) is 0 Å². The van der Waals surface area contributed by atoms with E-state index in [9.17, 15) is 0 Å². The monoisotopic (exact) mass is 312 g/mol. The molecule has 18 heavy (non-hydrogen) atoms. The van der Waals surface area contributed by atoms with Gasteiger partial charge >= 0.3 is 0 Å². The van der Waals surface area contributed by atoms with E-state index in [1.807, 2.05) is 0 Å². The van der Waals surface area contributed by atoms with Crippen molar-refractivity contribution in [1.82, 2.24) is 10.2 Å². The van der Waals surface area contributed by atoms with Crippen molar-refractivity contribution in [3.63, 3.8) is 0 Å². The molecule has 102 valence electrons. The van der Waals surface area contributed by atoms with E-state index in [4.69, 9.17) is 0 Å². The summed E-state index contributed by atoms with van der Waals surface area (Å²) in [5.41, 5.74) is 1.33. The maximum Gasteiger partial charge on any atom is 0.0302 e. The highest BCUT2D eigenvalue weighted by molar-refractivity contribution is 9.10. The molecule has 0 amide bonds. The normalized spacial score (nSPS) is 13.3. The first-order valence-electron chi connectivity index (χ1n) is 6.70. The topological polar surface area (TPSA) is 15.3 Å². The number of rotatable bonds is 7. The van der Waals surface area contributed by atoms with Crippen LogP contribution in [0.2, 0.25) is 0 Å². The fourth-order valence-corrected chi connectivity index (χ4v) is 2.47. The van der Waals surface area contributed by atoms with E-state index in [2.05, 4.69) is 78.2 Å². The molecule has 0 spiro atoms. The standard InChI is InChI=1S/C15H25BrN2/c1-12(2)18(4)11-7-10-17-13(3)14-8-5-6-9-15(14)16/h5-6,8-9,12-13,17H,7,10-11H2,1-4H3. The van der Waals surface area contributed by atoms with Gasteiger partial charge in [-0.1, -0.05) is 34.1 Å². The zero-order valence-electron chi connectivity index (χ0n) is 11.9. The van der Waals surface area contributed by atoms with Crippen molar-refractivity contribution in [2.75, 3.05) is 20.1 Å². The summed E-state index contributed by atoms with van der Waals surface area (Å²) in [5.74, 6) is 0. The molecular formula is C15H25BrN2. The van der Waals surface area contributed by atoms with Crippen molar-refractivity contribution in [3.8, 4) is 0 Å². The third-order valence-electron chi connectivity index (χ3n) is 3.39. The van der Waals surface area contributed by atoms with E-state index in [0.717, 1.165) is 13.1 Å². The smallest absolute Gasteiger partial charge is 0.0302 e. The summed E-state index contributed by atoms with van der Waals surface area (Å²) in [4.78, 5) is 2.38. The second-order valence-corrected chi connectivity index (χ2v) is 5.98. The Bertz CT molecular complexity index is 352. The Balaban J connectivity index is 2.30. The SMILES string of the molecule is CC(NCCCN(C)C(C)C)c1ccccc1Br. The van der Waals surface area contributed by atoms with E-state index in [1.54, 1.807) is 0 Å². The van der Waals surface area contributed by atoms with Crippen molar-refractivity contribution < 1.29 is 0 Å². The molecule has 0 fully saturated rings. The minimum absolute atomic E-state index is 0.393. The van der Waals surface area contributed by atoms with Crippen molar-refractivity contribution in [3.05, 3.63) is 34.3 Å². The molecule has 1 rings (SSSR count). The van der Waals surface area contributed by atoms with Crippen LogP contribution < -0.4 is 5.32 Å². The fourth-order valence-electron chi connectivity index (χ4n) is 1.84. The van der Waals surface area contributed by atoms with Crippen LogP contribution in [-0.2, 0) is 0 Å². The Labute approximate surface area is 120 Å². The first kappa shape index (κ1) is 15.7. The van der Waals surface area contributed by atoms with Gasteiger partial charge in [-0.15, -0.1) is 0 Å². The predicted octanol–water partition coefficient (Wildman–Crippen LogP) is 3.83. The van der Waals surface area contributed by atoms with E-state index >= 15 is 0 Å². The molecule has 0 saturated carbocycles. The zero-order valence-corrected chi connectivity index (χ0v) is 13.5. The van der Waals surface area contributed by atoms with Crippen molar-refractivity contribution in [2.45, 2.75) is 39.3 Å². The molecule has 0 aliphatic carbocycles. The average molecular weight is 313 g/mol. The van der Waals surface area contributed by atoms with E-state index in [-0.39, 0.29) is 0 Å². The van der Waals surface area contributed by atoms with Gasteiger partial charge in [0.25, 0.3) is 0 Å². The van der Waals surface area contributed by atoms with Gasteiger partial charge in [-0.05, 0) is 59.0 Å². The van der Waals surface area contributed by atoms with Gasteiger partial charge in [0.15, 0.2) is 0 Å². The molecule has 0 bridgehead atoms. The summed E-state index contributed by atoms with van der Waals surface area (Å²) >= 11 is 3.60. The molecule has 3 heteroatoms. The van der Waals surface area contributed by atoms with Gasteiger partial charge in [0.05, 0.1) is 0 Å². The van der Waals surface area contributed by atoms with E-state index in [0.29, 0.717) is 12.1 Å². The van der Waals surface area contributed by atoms with Gasteiger partial charge in [-0.25, -0.2) is 0 Å². The van der Waals surface area contributed by atoms with E-state index < -0.39 is 0 Å². The molecule has 1 aromatic rings. The lowest BCUT2D eigenvalue weighted by molar-refractivity contribution is 0.268. The van der Waals surface area contributed by atoms with E-state index in [1.165, 1.54) is 16.5 Å². The molecule has 2 nitrogen and oxygen atoms in total. The van der Waals surface area contributed by atoms with Crippen LogP contribution in [0.4, 0.5) is 0 Å². The van der Waals surface area contributed by atoms with Gasteiger partial charge in [-0.3, -0.25) is 0 Å². The number of nitrogens with zero attached hydrogens (tertiary/aromatic N) is 1. The third kappa shape index (κ3) is 5.09. The lowest BCUT2D eigenvalue weighted by Crippen LogP contribution is -2.30. The van der Waals surface area contributed by atoms with Gasteiger partial charge in [0, 0.05) is 16.6 Å². The molecule has 0 aliphatic rings. The van der Waals surface area contributed by atoms with Crippen LogP contribution in [-0.4, -0.2) is 31.1 Å². The molecular weight excluding hydrogens is 288 g/mol. The highest BCUT2D eigenvalue weighted by Gasteiger charge is 2.08. The number of nitrogens with one attached hydrogen (secondary N) is 1. The quantitative estimate of drug-likeness (QED) is 0.770. The minimum Gasteiger partial charge on any atom is -0.310 e. The predicted molar refractivity (Wildman–Crippen MR) is 82.9 cm³/mol. The van der Waals surface area contributed by atoms with Crippen LogP contribution in [0.1, 0.15) is 38.8 Å². The van der Waals surface area contributed by atoms with Gasteiger partial charge in [-0.2, -0.15) is 0 Å². The van der Waals surface area contributed by atoms with Crippen molar-refractivity contribution >= 4 is 15.9 Å². The Morgan fingerprint density at radius 2 is 1.89 bits per heavy atom. The summed E-state index contributed by atoms with van der Waals surface area (Å²) in [6.45, 7) is 8.88. The molecule has 0 heterocycles. The van der Waals surface area contributed by atoms with Gasteiger partial charge < -0.3 is 10.2 Å². The fraction of sp³-hybridized carbons (Fsp3) is 0.600. The van der Waals surface area contributed by atoms with Crippen LogP contribution in [0, 0.1) is 0 Å².